The summed E-state index contributed by atoms with van der Waals surface area (Å²) < 4.78 is 36.8. The van der Waals surface area contributed by atoms with E-state index in [2.05, 4.69) is 4.98 Å². The number of hydrogen-bond donors (Lipinski definition) is 0. The van der Waals surface area contributed by atoms with Crippen molar-refractivity contribution in [1.82, 2.24) is 4.98 Å². The number of nitro benzene ring substituents is 1. The Labute approximate surface area is 111 Å². The van der Waals surface area contributed by atoms with Crippen molar-refractivity contribution in [2.75, 3.05) is 7.11 Å². The molecule has 0 unspecified atom stereocenters. The predicted octanol–water partition coefficient (Wildman–Crippen LogP) is 3.07. The molecule has 0 amide bonds. The van der Waals surface area contributed by atoms with E-state index in [4.69, 9.17) is 9.47 Å². The Morgan fingerprint density at radius 2 is 2.05 bits per heavy atom. The monoisotopic (exact) mass is 282 g/mol. The van der Waals surface area contributed by atoms with Gasteiger partial charge in [0.15, 0.2) is 5.75 Å². The van der Waals surface area contributed by atoms with E-state index in [9.17, 15) is 18.9 Å². The molecule has 0 spiro atoms. The van der Waals surface area contributed by atoms with Gasteiger partial charge in [0.05, 0.1) is 12.0 Å². The maximum absolute atomic E-state index is 13.6. The van der Waals surface area contributed by atoms with Crippen LogP contribution in [0.25, 0.3) is 0 Å². The smallest absolute Gasteiger partial charge is 0.347 e. The van der Waals surface area contributed by atoms with Crippen LogP contribution in [0.4, 0.5) is 14.5 Å². The molecule has 0 saturated carbocycles. The zero-order valence-corrected chi connectivity index (χ0v) is 10.2. The molecule has 2 aromatic rings. The molecule has 0 bridgehead atoms. The van der Waals surface area contributed by atoms with Crippen molar-refractivity contribution in [1.29, 1.82) is 0 Å². The van der Waals surface area contributed by atoms with E-state index in [0.717, 1.165) is 12.1 Å². The third-order valence-corrected chi connectivity index (χ3v) is 2.37. The van der Waals surface area contributed by atoms with E-state index < -0.39 is 28.1 Å². The second kappa shape index (κ2) is 5.47. The number of aromatic nitrogens is 1. The van der Waals surface area contributed by atoms with Crippen LogP contribution in [0.15, 0.2) is 30.5 Å². The minimum absolute atomic E-state index is 0.00685. The van der Waals surface area contributed by atoms with Crippen LogP contribution in [0.3, 0.4) is 0 Å². The molecule has 0 atom stereocenters. The van der Waals surface area contributed by atoms with E-state index in [0.29, 0.717) is 0 Å². The van der Waals surface area contributed by atoms with Crippen molar-refractivity contribution in [3.63, 3.8) is 0 Å². The Bertz CT molecular complexity index is 664. The van der Waals surface area contributed by atoms with Gasteiger partial charge in [0, 0.05) is 18.3 Å². The highest BCUT2D eigenvalue weighted by molar-refractivity contribution is 5.53. The summed E-state index contributed by atoms with van der Waals surface area (Å²) in [4.78, 5) is 13.2. The summed E-state index contributed by atoms with van der Waals surface area (Å²) in [6.45, 7) is 0. The molecule has 0 aliphatic heterocycles. The Hall–Kier alpha value is -2.77. The van der Waals surface area contributed by atoms with Gasteiger partial charge in [-0.25, -0.2) is 4.98 Å². The second-order valence-electron chi connectivity index (χ2n) is 3.61. The molecule has 6 nitrogen and oxygen atoms in total. The second-order valence-corrected chi connectivity index (χ2v) is 3.61. The van der Waals surface area contributed by atoms with Crippen LogP contribution >= 0.6 is 0 Å². The van der Waals surface area contributed by atoms with E-state index in [1.807, 2.05) is 0 Å². The number of ether oxygens (including phenoxy) is 2. The lowest BCUT2D eigenvalue weighted by Gasteiger charge is -2.08. The first-order valence-corrected chi connectivity index (χ1v) is 5.33. The minimum Gasteiger partial charge on any atom is -0.497 e. The summed E-state index contributed by atoms with van der Waals surface area (Å²) in [6, 6.07) is 4.52. The number of halogens is 2. The number of nitrogens with zero attached hydrogens (tertiary/aromatic N) is 2. The average Bonchev–Trinajstić information content (AvgIpc) is 2.40. The van der Waals surface area contributed by atoms with Crippen molar-refractivity contribution >= 4 is 5.69 Å². The first-order valence-electron chi connectivity index (χ1n) is 5.33. The van der Waals surface area contributed by atoms with Crippen LogP contribution in [0.2, 0.25) is 0 Å². The van der Waals surface area contributed by atoms with Gasteiger partial charge in [0.1, 0.15) is 5.75 Å². The number of hydrogen-bond acceptors (Lipinski definition) is 5. The van der Waals surface area contributed by atoms with Gasteiger partial charge in [0.25, 0.3) is 5.95 Å². The lowest BCUT2D eigenvalue weighted by molar-refractivity contribution is -0.388. The third-order valence-electron chi connectivity index (χ3n) is 2.37. The largest absolute Gasteiger partial charge is 0.497 e. The summed E-state index contributed by atoms with van der Waals surface area (Å²) in [5.41, 5.74) is -0.908. The van der Waals surface area contributed by atoms with Crippen LogP contribution in [0, 0.1) is 21.9 Å². The molecule has 0 fully saturated rings. The van der Waals surface area contributed by atoms with E-state index >= 15 is 0 Å². The molecule has 20 heavy (non-hydrogen) atoms. The first kappa shape index (κ1) is 13.7. The summed E-state index contributed by atoms with van der Waals surface area (Å²) >= 11 is 0. The summed E-state index contributed by atoms with van der Waals surface area (Å²) in [7, 11) is 1.26. The van der Waals surface area contributed by atoms with Gasteiger partial charge in [-0.05, 0) is 12.1 Å². The van der Waals surface area contributed by atoms with Gasteiger partial charge in [-0.2, -0.15) is 8.78 Å². The number of rotatable bonds is 4. The highest BCUT2D eigenvalue weighted by atomic mass is 19.1. The molecule has 1 aromatic carbocycles. The van der Waals surface area contributed by atoms with E-state index in [1.165, 1.54) is 25.4 Å². The topological polar surface area (TPSA) is 74.5 Å². The molecule has 0 radical (unpaired) electrons. The van der Waals surface area contributed by atoms with Crippen LogP contribution in [-0.2, 0) is 0 Å². The molecule has 0 aliphatic rings. The minimum atomic E-state index is -1.14. The quantitative estimate of drug-likeness (QED) is 0.489. The Morgan fingerprint density at radius 1 is 1.30 bits per heavy atom. The zero-order valence-electron chi connectivity index (χ0n) is 10.2. The molecule has 1 heterocycles. The predicted molar refractivity (Wildman–Crippen MR) is 63.9 cm³/mol. The number of nitro groups is 1. The first-order chi connectivity index (χ1) is 9.52. The molecule has 2 rings (SSSR count). The molecule has 0 N–H and O–H groups in total. The van der Waals surface area contributed by atoms with E-state index in [1.54, 1.807) is 0 Å². The van der Waals surface area contributed by atoms with Crippen molar-refractivity contribution in [2.24, 2.45) is 0 Å². The Balaban J connectivity index is 2.52. The normalized spacial score (nSPS) is 10.2. The van der Waals surface area contributed by atoms with Crippen LogP contribution in [-0.4, -0.2) is 17.0 Å². The Morgan fingerprint density at radius 3 is 2.65 bits per heavy atom. The number of pyridine rings is 1. The summed E-state index contributed by atoms with van der Waals surface area (Å²) in [5, 5.41) is 10.9. The lowest BCUT2D eigenvalue weighted by atomic mass is 10.2. The molecule has 1 aromatic heterocycles. The zero-order chi connectivity index (χ0) is 14.7. The SMILES string of the molecule is COc1cc(F)c([N+](=O)[O-])c(Oc2cccnc2F)c1. The maximum Gasteiger partial charge on any atom is 0.347 e. The number of methoxy groups -OCH3 is 1. The molecule has 0 saturated heterocycles. The van der Waals surface area contributed by atoms with Crippen molar-refractivity contribution in [3.8, 4) is 17.2 Å². The van der Waals surface area contributed by atoms with Crippen molar-refractivity contribution < 1.29 is 23.2 Å². The highest BCUT2D eigenvalue weighted by Gasteiger charge is 2.25. The van der Waals surface area contributed by atoms with E-state index in [-0.39, 0.29) is 11.5 Å². The maximum atomic E-state index is 13.6. The molecule has 104 valence electrons. The average molecular weight is 282 g/mol. The molecule has 8 heteroatoms. The molecule has 0 aliphatic carbocycles. The van der Waals surface area contributed by atoms with Gasteiger partial charge < -0.3 is 9.47 Å². The van der Waals surface area contributed by atoms with Gasteiger partial charge in [-0.15, -0.1) is 0 Å². The fraction of sp³-hybridized carbons (Fsp3) is 0.0833. The van der Waals surface area contributed by atoms with Crippen LogP contribution < -0.4 is 9.47 Å². The fourth-order valence-electron chi connectivity index (χ4n) is 1.49. The van der Waals surface area contributed by atoms with Crippen molar-refractivity contribution in [2.45, 2.75) is 0 Å². The van der Waals surface area contributed by atoms with Gasteiger partial charge in [0.2, 0.25) is 11.6 Å². The summed E-state index contributed by atoms with van der Waals surface area (Å²) in [6.07, 6.45) is 1.18. The van der Waals surface area contributed by atoms with Crippen LogP contribution in [0.5, 0.6) is 17.2 Å². The van der Waals surface area contributed by atoms with Crippen LogP contribution in [0.1, 0.15) is 0 Å². The fourth-order valence-corrected chi connectivity index (χ4v) is 1.49. The number of benzene rings is 1. The van der Waals surface area contributed by atoms with Gasteiger partial charge >= 0.3 is 5.69 Å². The molecular formula is C12H8F2N2O4. The third kappa shape index (κ3) is 2.63. The summed E-state index contributed by atoms with van der Waals surface area (Å²) in [5.74, 6) is -2.94. The lowest BCUT2D eigenvalue weighted by Crippen LogP contribution is -1.99. The van der Waals surface area contributed by atoms with Gasteiger partial charge in [-0.3, -0.25) is 10.1 Å². The van der Waals surface area contributed by atoms with Gasteiger partial charge in [-0.1, -0.05) is 0 Å². The Kier molecular flexibility index (Phi) is 3.74. The van der Waals surface area contributed by atoms with Crippen molar-refractivity contribution in [3.05, 3.63) is 52.3 Å². The standard InChI is InChI=1S/C12H8F2N2O4/c1-19-7-5-8(13)11(16(17)18)10(6-7)20-9-3-2-4-15-12(9)14/h2-6H,1H3. The highest BCUT2D eigenvalue weighted by Crippen LogP contribution is 2.37. The molecular weight excluding hydrogens is 274 g/mol.